The van der Waals surface area contributed by atoms with E-state index in [0.717, 1.165) is 11.3 Å². The van der Waals surface area contributed by atoms with Crippen LogP contribution < -0.4 is 0 Å². The van der Waals surface area contributed by atoms with Crippen molar-refractivity contribution in [3.63, 3.8) is 0 Å². The molecule has 0 aromatic carbocycles. The summed E-state index contributed by atoms with van der Waals surface area (Å²) in [6, 6.07) is 0. The number of hydrogen-bond donors (Lipinski definition) is 1. The maximum atomic E-state index is 12.1. The highest BCUT2D eigenvalue weighted by Gasteiger charge is 2.22. The van der Waals surface area contributed by atoms with E-state index in [4.69, 9.17) is 5.11 Å². The Bertz CT molecular complexity index is 188. The highest BCUT2D eigenvalue weighted by molar-refractivity contribution is 5.78. The third kappa shape index (κ3) is 5.67. The van der Waals surface area contributed by atoms with E-state index in [1.807, 2.05) is 6.92 Å². The lowest BCUT2D eigenvalue weighted by Crippen LogP contribution is -2.40. The highest BCUT2D eigenvalue weighted by Crippen LogP contribution is 2.10. The first-order valence-electron chi connectivity index (χ1n) is 5.20. The number of nitrogens with zero attached hydrogens (tertiary/aromatic N) is 1. The second kappa shape index (κ2) is 7.56. The minimum absolute atomic E-state index is 0.0166. The number of carbonyl (C=O) groups is 1. The van der Waals surface area contributed by atoms with Crippen molar-refractivity contribution < 1.29 is 18.7 Å². The molecule has 3 nitrogen and oxygen atoms in total. The van der Waals surface area contributed by atoms with Crippen LogP contribution in [0.5, 0.6) is 0 Å². The average Bonchev–Trinajstić information content (AvgIpc) is 2.16. The lowest BCUT2D eigenvalue weighted by atomic mass is 10.0. The van der Waals surface area contributed by atoms with Crippen LogP contribution in [-0.2, 0) is 4.79 Å². The zero-order valence-corrected chi connectivity index (χ0v) is 9.25. The van der Waals surface area contributed by atoms with Crippen molar-refractivity contribution in [2.45, 2.75) is 33.1 Å². The summed E-state index contributed by atoms with van der Waals surface area (Å²) in [7, 11) is 0. The van der Waals surface area contributed by atoms with Crippen LogP contribution in [0, 0.1) is 5.92 Å². The molecule has 90 valence electrons. The topological polar surface area (TPSA) is 40.5 Å². The first kappa shape index (κ1) is 14.3. The van der Waals surface area contributed by atoms with Crippen molar-refractivity contribution >= 4 is 5.91 Å². The summed E-state index contributed by atoms with van der Waals surface area (Å²) >= 11 is 0. The van der Waals surface area contributed by atoms with Gasteiger partial charge in [-0.2, -0.15) is 0 Å². The number of amides is 1. The van der Waals surface area contributed by atoms with E-state index >= 15 is 0 Å². The third-order valence-corrected chi connectivity index (χ3v) is 2.18. The van der Waals surface area contributed by atoms with Crippen molar-refractivity contribution in [3.05, 3.63) is 0 Å². The Labute approximate surface area is 89.1 Å². The van der Waals surface area contributed by atoms with Crippen molar-refractivity contribution in [2.75, 3.05) is 19.7 Å². The zero-order chi connectivity index (χ0) is 11.8. The summed E-state index contributed by atoms with van der Waals surface area (Å²) in [5.74, 6) is -0.550. The van der Waals surface area contributed by atoms with Gasteiger partial charge in [0.2, 0.25) is 5.91 Å². The van der Waals surface area contributed by atoms with Crippen molar-refractivity contribution in [1.82, 2.24) is 4.90 Å². The van der Waals surface area contributed by atoms with Crippen LogP contribution in [0.15, 0.2) is 0 Å². The molecular formula is C10H19F2NO2. The smallest absolute Gasteiger partial charge is 0.255 e. The molecule has 0 spiro atoms. The van der Waals surface area contributed by atoms with E-state index in [1.165, 1.54) is 0 Å². The zero-order valence-electron chi connectivity index (χ0n) is 9.25. The van der Waals surface area contributed by atoms with Gasteiger partial charge in [0.25, 0.3) is 6.43 Å². The molecule has 0 aromatic rings. The van der Waals surface area contributed by atoms with E-state index in [0.29, 0.717) is 6.42 Å². The fraction of sp³-hybridized carbons (Fsp3) is 0.900. The van der Waals surface area contributed by atoms with Crippen LogP contribution in [0.2, 0.25) is 0 Å². The van der Waals surface area contributed by atoms with Crippen molar-refractivity contribution in [2.24, 2.45) is 5.92 Å². The first-order valence-corrected chi connectivity index (χ1v) is 5.20. The molecule has 1 atom stereocenters. The van der Waals surface area contributed by atoms with E-state index in [2.05, 4.69) is 0 Å². The molecule has 0 heterocycles. The van der Waals surface area contributed by atoms with Gasteiger partial charge in [0.05, 0.1) is 13.2 Å². The largest absolute Gasteiger partial charge is 0.395 e. The average molecular weight is 223 g/mol. The van der Waals surface area contributed by atoms with Crippen LogP contribution >= 0.6 is 0 Å². The number of hydrogen-bond acceptors (Lipinski definition) is 2. The summed E-state index contributed by atoms with van der Waals surface area (Å²) in [4.78, 5) is 12.7. The Balaban J connectivity index is 4.26. The molecule has 15 heavy (non-hydrogen) atoms. The Morgan fingerprint density at radius 3 is 2.47 bits per heavy atom. The van der Waals surface area contributed by atoms with E-state index in [-0.39, 0.29) is 25.0 Å². The maximum Gasteiger partial charge on any atom is 0.255 e. The van der Waals surface area contributed by atoms with Crippen LogP contribution in [-0.4, -0.2) is 42.0 Å². The highest BCUT2D eigenvalue weighted by atomic mass is 19.3. The molecule has 0 saturated carbocycles. The Hall–Kier alpha value is -0.710. The summed E-state index contributed by atoms with van der Waals surface area (Å²) in [6.45, 7) is 2.77. The quantitative estimate of drug-likeness (QED) is 0.710. The molecular weight excluding hydrogens is 204 g/mol. The van der Waals surface area contributed by atoms with Gasteiger partial charge in [-0.25, -0.2) is 8.78 Å². The molecule has 0 aliphatic carbocycles. The molecule has 0 bridgehead atoms. The lowest BCUT2D eigenvalue weighted by Gasteiger charge is -2.24. The third-order valence-electron chi connectivity index (χ3n) is 2.18. The number of alkyl halides is 2. The molecule has 1 N–H and O–H groups in total. The van der Waals surface area contributed by atoms with Crippen LogP contribution in [0.25, 0.3) is 0 Å². The van der Waals surface area contributed by atoms with Crippen molar-refractivity contribution in [1.29, 1.82) is 0 Å². The van der Waals surface area contributed by atoms with Gasteiger partial charge in [-0.05, 0) is 6.42 Å². The molecule has 0 rings (SSSR count). The first-order chi connectivity index (χ1) is 7.02. The predicted octanol–water partition coefficient (Wildman–Crippen LogP) is 1.51. The molecule has 0 saturated heterocycles. The van der Waals surface area contributed by atoms with Crippen LogP contribution in [0.1, 0.15) is 26.7 Å². The molecule has 1 amide bonds. The van der Waals surface area contributed by atoms with E-state index < -0.39 is 13.0 Å². The molecule has 0 aliphatic rings. The van der Waals surface area contributed by atoms with Gasteiger partial charge >= 0.3 is 0 Å². The van der Waals surface area contributed by atoms with Gasteiger partial charge in [-0.1, -0.05) is 20.3 Å². The predicted molar refractivity (Wildman–Crippen MR) is 53.7 cm³/mol. The Morgan fingerprint density at radius 1 is 1.47 bits per heavy atom. The van der Waals surface area contributed by atoms with E-state index in [1.54, 1.807) is 6.92 Å². The number of aliphatic hydroxyl groups is 1. The molecule has 1 unspecified atom stereocenters. The van der Waals surface area contributed by atoms with Crippen LogP contribution in [0.4, 0.5) is 8.78 Å². The van der Waals surface area contributed by atoms with Crippen LogP contribution in [0.3, 0.4) is 0 Å². The molecule has 0 radical (unpaired) electrons. The Kier molecular flexibility index (Phi) is 7.21. The molecule has 0 aromatic heterocycles. The summed E-state index contributed by atoms with van der Waals surface area (Å²) in [5.41, 5.74) is 0. The second-order valence-corrected chi connectivity index (χ2v) is 3.59. The normalized spacial score (nSPS) is 12.9. The minimum atomic E-state index is -2.55. The molecule has 0 fully saturated rings. The molecule has 5 heteroatoms. The standard InChI is InChI=1S/C10H19F2NO2/c1-3-4-8(2)10(15)13(5-6-14)7-9(11)12/h8-9,14H,3-7H2,1-2H3. The molecule has 0 aliphatic heterocycles. The number of halogens is 2. The monoisotopic (exact) mass is 223 g/mol. The van der Waals surface area contributed by atoms with E-state index in [9.17, 15) is 13.6 Å². The van der Waals surface area contributed by atoms with Crippen molar-refractivity contribution in [3.8, 4) is 0 Å². The summed E-state index contributed by atoms with van der Waals surface area (Å²) in [5, 5.41) is 8.67. The second-order valence-electron chi connectivity index (χ2n) is 3.59. The summed E-state index contributed by atoms with van der Waals surface area (Å²) < 4.78 is 24.3. The van der Waals surface area contributed by atoms with Gasteiger partial charge in [-0.15, -0.1) is 0 Å². The number of aliphatic hydroxyl groups excluding tert-OH is 1. The SMILES string of the molecule is CCCC(C)C(=O)N(CCO)CC(F)F. The lowest BCUT2D eigenvalue weighted by molar-refractivity contribution is -0.137. The van der Waals surface area contributed by atoms with Gasteiger partial charge < -0.3 is 10.0 Å². The fourth-order valence-electron chi connectivity index (χ4n) is 1.45. The fourth-order valence-corrected chi connectivity index (χ4v) is 1.45. The van der Waals surface area contributed by atoms with Gasteiger partial charge in [-0.3, -0.25) is 4.79 Å². The van der Waals surface area contributed by atoms with Gasteiger partial charge in [0, 0.05) is 12.5 Å². The van der Waals surface area contributed by atoms with Gasteiger partial charge in [0.15, 0.2) is 0 Å². The Morgan fingerprint density at radius 2 is 2.07 bits per heavy atom. The number of carbonyl (C=O) groups excluding carboxylic acids is 1. The maximum absolute atomic E-state index is 12.1. The minimum Gasteiger partial charge on any atom is -0.395 e. The van der Waals surface area contributed by atoms with Gasteiger partial charge in [0.1, 0.15) is 0 Å². The number of rotatable bonds is 7. The summed E-state index contributed by atoms with van der Waals surface area (Å²) in [6.07, 6.45) is -1.02.